The van der Waals surface area contributed by atoms with Crippen molar-refractivity contribution < 1.29 is 61.8 Å². The lowest BCUT2D eigenvalue weighted by Gasteiger charge is -2.32. The van der Waals surface area contributed by atoms with Gasteiger partial charge in [0.15, 0.2) is 12.4 Å². The number of hydrogen-bond donors (Lipinski definition) is 3. The van der Waals surface area contributed by atoms with Crippen LogP contribution in [0.25, 0.3) is 11.3 Å². The summed E-state index contributed by atoms with van der Waals surface area (Å²) >= 11 is 0. The van der Waals surface area contributed by atoms with Crippen molar-refractivity contribution in [1.29, 1.82) is 0 Å². The van der Waals surface area contributed by atoms with Crippen LogP contribution in [0.15, 0.2) is 120 Å². The second-order valence-corrected chi connectivity index (χ2v) is 16.3. The van der Waals surface area contributed by atoms with E-state index in [0.29, 0.717) is 35.9 Å². The maximum atomic E-state index is 13.8. The molecule has 70 heavy (non-hydrogen) atoms. The Labute approximate surface area is 406 Å². The smallest absolute Gasteiger partial charge is 0.363 e. The van der Waals surface area contributed by atoms with Gasteiger partial charge in [0.05, 0.1) is 29.8 Å². The molecular weight excluding hydrogens is 901 g/mol. The summed E-state index contributed by atoms with van der Waals surface area (Å²) in [5.74, 6) is -5.57. The molecule has 4 aromatic carbocycles. The normalized spacial score (nSPS) is 12.0. The predicted molar refractivity (Wildman–Crippen MR) is 255 cm³/mol. The highest BCUT2D eigenvalue weighted by molar-refractivity contribution is 6.01. The molecule has 17 nitrogen and oxygen atoms in total. The molecule has 0 bridgehead atoms. The third-order valence-corrected chi connectivity index (χ3v) is 11.1. The number of hydroxylamine groups is 2. The maximum absolute atomic E-state index is 13.8. The first-order valence-electron chi connectivity index (χ1n) is 23.0. The highest BCUT2D eigenvalue weighted by atomic mass is 16.7. The number of carbonyl (C=O) groups excluding carboxylic acids is 8. The molecule has 0 saturated heterocycles. The number of benzene rings is 4. The number of hydrogen-bond acceptors (Lipinski definition) is 13. The molecule has 0 fully saturated rings. The van der Waals surface area contributed by atoms with E-state index in [-0.39, 0.29) is 66.9 Å². The first-order valence-corrected chi connectivity index (χ1v) is 23.0. The van der Waals surface area contributed by atoms with Crippen LogP contribution in [-0.2, 0) is 51.5 Å². The van der Waals surface area contributed by atoms with Crippen molar-refractivity contribution in [2.24, 2.45) is 5.92 Å². The van der Waals surface area contributed by atoms with Crippen molar-refractivity contribution in [3.8, 4) is 17.1 Å². The molecule has 368 valence electrons. The minimum atomic E-state index is -1.35. The number of aryl methyl sites for hydroxylation is 1. The molecule has 0 radical (unpaired) electrons. The van der Waals surface area contributed by atoms with Crippen molar-refractivity contribution in [2.45, 2.75) is 91.5 Å². The zero-order chi connectivity index (χ0) is 50.4. The molecule has 1 heterocycles. The van der Waals surface area contributed by atoms with Gasteiger partial charge in [-0.2, -0.15) is 5.06 Å². The number of amides is 4. The Morgan fingerprint density at radius 1 is 0.743 bits per heavy atom. The average molecular weight is 959 g/mol. The highest BCUT2D eigenvalue weighted by Crippen LogP contribution is 2.30. The fourth-order valence-electron chi connectivity index (χ4n) is 7.36. The van der Waals surface area contributed by atoms with Crippen molar-refractivity contribution in [2.75, 3.05) is 13.3 Å². The zero-order valence-corrected chi connectivity index (χ0v) is 39.6. The molecule has 0 aliphatic rings. The number of furan rings is 1. The van der Waals surface area contributed by atoms with Crippen molar-refractivity contribution >= 4 is 47.8 Å². The molecule has 4 amide bonds. The molecule has 0 saturated carbocycles. The van der Waals surface area contributed by atoms with E-state index in [2.05, 4.69) is 16.0 Å². The molecule has 0 spiro atoms. The maximum Gasteiger partial charge on any atom is 0.363 e. The van der Waals surface area contributed by atoms with Crippen LogP contribution in [0, 0.1) is 12.8 Å². The van der Waals surface area contributed by atoms with Crippen LogP contribution in [0.5, 0.6) is 5.75 Å². The molecule has 0 aliphatic heterocycles. The lowest BCUT2D eigenvalue weighted by Crippen LogP contribution is -2.49. The number of nitrogens with zero attached hydrogens (tertiary/aromatic N) is 1. The monoisotopic (exact) mass is 958 g/mol. The average Bonchev–Trinajstić information content (AvgIpc) is 3.87. The third kappa shape index (κ3) is 15.8. The fourth-order valence-corrected chi connectivity index (χ4v) is 7.36. The largest absolute Gasteiger partial charge is 0.481 e. The summed E-state index contributed by atoms with van der Waals surface area (Å²) in [6.45, 7) is 5.75. The van der Waals surface area contributed by atoms with Crippen LogP contribution < -0.4 is 20.7 Å². The Morgan fingerprint density at radius 3 is 2.06 bits per heavy atom. The molecule has 0 unspecified atom stereocenters. The lowest BCUT2D eigenvalue weighted by molar-refractivity contribution is -0.171. The van der Waals surface area contributed by atoms with Gasteiger partial charge in [0.1, 0.15) is 36.5 Å². The van der Waals surface area contributed by atoms with Crippen molar-refractivity contribution in [1.82, 2.24) is 21.0 Å². The minimum absolute atomic E-state index is 0.0290. The SMILES string of the molecule is CCCCC[C@@H](C(=O)NCNC(=O)c1ccc(-c2ccc(C(=O)N[C@@H](CC(C)=O)C(=O)OCc3ccccc3)c(OCC(=O)OCc3ccccc3)c2)o1)[C@@H](CC)N(C=O)OC(=O)c1ccccc1C. The highest BCUT2D eigenvalue weighted by Gasteiger charge is 2.34. The molecule has 3 atom stereocenters. The Morgan fingerprint density at radius 2 is 1.41 bits per heavy atom. The van der Waals surface area contributed by atoms with Crippen molar-refractivity contribution in [3.05, 3.63) is 149 Å². The summed E-state index contributed by atoms with van der Waals surface area (Å²) in [4.78, 5) is 110. The number of nitrogens with one attached hydrogen (secondary N) is 3. The number of Topliss-reactive ketones (excluding diaryl/α,β-unsaturated/α-hetero) is 1. The Balaban J connectivity index is 1.28. The van der Waals surface area contributed by atoms with Crippen LogP contribution >= 0.6 is 0 Å². The molecular formula is C53H58N4O13. The number of carbonyl (C=O) groups is 8. The summed E-state index contributed by atoms with van der Waals surface area (Å²) in [5, 5.41) is 8.76. The fraction of sp³-hybridized carbons (Fsp3) is 0.321. The first-order chi connectivity index (χ1) is 33.8. The first kappa shape index (κ1) is 52.9. The van der Waals surface area contributed by atoms with Gasteiger partial charge in [-0.1, -0.05) is 118 Å². The minimum Gasteiger partial charge on any atom is -0.481 e. The van der Waals surface area contributed by atoms with Gasteiger partial charge >= 0.3 is 17.9 Å². The van der Waals surface area contributed by atoms with Crippen LogP contribution in [0.4, 0.5) is 0 Å². The number of rotatable bonds is 27. The third-order valence-electron chi connectivity index (χ3n) is 11.1. The quantitative estimate of drug-likeness (QED) is 0.0156. The van der Waals surface area contributed by atoms with Gasteiger partial charge < -0.3 is 39.4 Å². The molecule has 0 aliphatic carbocycles. The van der Waals surface area contributed by atoms with E-state index in [1.165, 1.54) is 37.3 Å². The van der Waals surface area contributed by atoms with Crippen LogP contribution in [-0.4, -0.2) is 78.2 Å². The van der Waals surface area contributed by atoms with Crippen molar-refractivity contribution in [3.63, 3.8) is 0 Å². The van der Waals surface area contributed by atoms with Gasteiger partial charge in [0.2, 0.25) is 12.3 Å². The lowest BCUT2D eigenvalue weighted by atomic mass is 9.90. The summed E-state index contributed by atoms with van der Waals surface area (Å²) in [7, 11) is 0. The van der Waals surface area contributed by atoms with E-state index in [4.69, 9.17) is 23.5 Å². The van der Waals surface area contributed by atoms with E-state index < -0.39 is 60.2 Å². The standard InChI is InChI=1S/C53H58N4O13/c1-5-7-10-23-41(44(6-2)57(34-58)70-52(64)40-22-16-15-17-35(40)3)49(61)54-33-55-51(63)46-27-26-45(69-46)39-24-25-42(47(29-39)66-32-48(60)67-30-37-18-11-8-12-19-37)50(62)56-43(28-36(4)59)53(65)68-31-38-20-13-9-14-21-38/h8-9,11-22,24-27,29,34,41,43-44H,5-7,10,23,28,30-33H2,1-4H3,(H,54,61)(H,55,63)(H,56,62)/t41-,43+,44-/m1/s1. The van der Waals surface area contributed by atoms with Gasteiger partial charge in [0.25, 0.3) is 11.8 Å². The Hall–Kier alpha value is -8.08. The predicted octanol–water partition coefficient (Wildman–Crippen LogP) is 7.21. The van der Waals surface area contributed by atoms with Gasteiger partial charge in [-0.05, 0) is 73.7 Å². The molecule has 1 aromatic heterocycles. The Bertz CT molecular complexity index is 2580. The molecule has 5 rings (SSSR count). The molecule has 17 heteroatoms. The van der Waals surface area contributed by atoms with Crippen LogP contribution in [0.1, 0.15) is 107 Å². The van der Waals surface area contributed by atoms with Gasteiger partial charge in [-0.3, -0.25) is 24.0 Å². The molecule has 3 N–H and O–H groups in total. The number of ether oxygens (including phenoxy) is 3. The van der Waals surface area contributed by atoms with E-state index in [9.17, 15) is 38.4 Å². The van der Waals surface area contributed by atoms with E-state index in [1.54, 1.807) is 86.6 Å². The van der Waals surface area contributed by atoms with Gasteiger partial charge in [-0.25, -0.2) is 14.4 Å². The zero-order valence-electron chi connectivity index (χ0n) is 39.6. The summed E-state index contributed by atoms with van der Waals surface area (Å²) in [6.07, 6.45) is 3.04. The topological polar surface area (TPSA) is 226 Å². The Kier molecular flexibility index (Phi) is 20.4. The summed E-state index contributed by atoms with van der Waals surface area (Å²) in [5.41, 5.74) is 2.59. The second-order valence-electron chi connectivity index (χ2n) is 16.3. The van der Waals surface area contributed by atoms with Crippen LogP contribution in [0.3, 0.4) is 0 Å². The van der Waals surface area contributed by atoms with E-state index in [1.807, 2.05) is 19.1 Å². The van der Waals surface area contributed by atoms with E-state index in [0.717, 1.165) is 23.5 Å². The molecule has 5 aromatic rings. The van der Waals surface area contributed by atoms with E-state index >= 15 is 0 Å². The van der Waals surface area contributed by atoms with Gasteiger partial charge in [-0.15, -0.1) is 0 Å². The number of unbranched alkanes of at least 4 members (excludes halogenated alkanes) is 2. The second kappa shape index (κ2) is 27.1. The summed E-state index contributed by atoms with van der Waals surface area (Å²) < 4.78 is 22.5. The number of ketones is 1. The van der Waals surface area contributed by atoms with Gasteiger partial charge in [0, 0.05) is 12.0 Å². The number of esters is 2. The van der Waals surface area contributed by atoms with Crippen LogP contribution in [0.2, 0.25) is 0 Å². The summed E-state index contributed by atoms with van der Waals surface area (Å²) in [6, 6.07) is 29.6.